The first-order chi connectivity index (χ1) is 53.2. The molecule has 562 valence electrons. The van der Waals surface area contributed by atoms with Gasteiger partial charge in [-0.15, -0.1) is 0 Å². The van der Waals surface area contributed by atoms with E-state index < -0.39 is 0 Å². The molecule has 2 aliphatic rings. The van der Waals surface area contributed by atoms with E-state index in [1.165, 1.54) is 33.4 Å². The molecule has 0 saturated heterocycles. The summed E-state index contributed by atoms with van der Waals surface area (Å²) in [5.41, 5.74) is 27.7. The molecular formula is C102H101BrN8O. The number of alkyl halides is 1. The lowest BCUT2D eigenvalue weighted by Crippen LogP contribution is -2.10. The van der Waals surface area contributed by atoms with Gasteiger partial charge in [-0.1, -0.05) is 310 Å². The van der Waals surface area contributed by atoms with Crippen LogP contribution in [0.25, 0.3) is 168 Å². The maximum Gasteiger partial charge on any atom is 0.164 e. The van der Waals surface area contributed by atoms with Gasteiger partial charge in [-0.2, -0.15) is 0 Å². The molecule has 0 atom stereocenters. The second kappa shape index (κ2) is 28.4. The number of aromatic nitrogens is 8. The van der Waals surface area contributed by atoms with Crippen molar-refractivity contribution < 1.29 is 4.74 Å². The molecule has 0 radical (unpaired) electrons. The molecule has 0 aliphatic carbocycles. The van der Waals surface area contributed by atoms with Crippen LogP contribution in [-0.2, 0) is 32.5 Å². The molecule has 0 fully saturated rings. The maximum atomic E-state index is 6.61. The van der Waals surface area contributed by atoms with Gasteiger partial charge in [0.25, 0.3) is 0 Å². The molecule has 8 bridgehead atoms. The van der Waals surface area contributed by atoms with E-state index in [1.807, 2.05) is 6.07 Å². The summed E-state index contributed by atoms with van der Waals surface area (Å²) in [7, 11) is 0. The third kappa shape index (κ3) is 14.6. The lowest BCUT2D eigenvalue weighted by Gasteiger charge is -2.21. The normalized spacial score (nSPS) is 12.7. The highest BCUT2D eigenvalue weighted by Crippen LogP contribution is 2.48. The molecule has 0 spiro atoms. The Bertz CT molecular complexity index is 6160. The van der Waals surface area contributed by atoms with Crippen molar-refractivity contribution in [3.05, 3.63) is 258 Å². The van der Waals surface area contributed by atoms with E-state index in [0.29, 0.717) is 52.5 Å². The average Bonchev–Trinajstić information content (AvgIpc) is 1.57. The van der Waals surface area contributed by atoms with E-state index in [9.17, 15) is 0 Å². The van der Waals surface area contributed by atoms with Crippen molar-refractivity contribution in [1.82, 2.24) is 39.9 Å². The van der Waals surface area contributed by atoms with Gasteiger partial charge in [0.15, 0.2) is 23.3 Å². The van der Waals surface area contributed by atoms with Gasteiger partial charge in [0.2, 0.25) is 0 Å². The number of H-pyrrole nitrogens is 2. The van der Waals surface area contributed by atoms with Crippen LogP contribution in [0.2, 0.25) is 0 Å². The van der Waals surface area contributed by atoms with Gasteiger partial charge < -0.3 is 14.7 Å². The Labute approximate surface area is 669 Å². The fourth-order valence-electron chi connectivity index (χ4n) is 15.6. The van der Waals surface area contributed by atoms with E-state index in [1.54, 1.807) is 0 Å². The lowest BCUT2D eigenvalue weighted by atomic mass is 9.84. The minimum absolute atomic E-state index is 0.0497. The summed E-state index contributed by atoms with van der Waals surface area (Å²) in [5.74, 6) is 2.83. The molecule has 5 heterocycles. The molecule has 16 rings (SSSR count). The summed E-state index contributed by atoms with van der Waals surface area (Å²) in [4.78, 5) is 42.5. The van der Waals surface area contributed by atoms with E-state index in [-0.39, 0.29) is 32.5 Å². The van der Waals surface area contributed by atoms with Crippen molar-refractivity contribution in [1.29, 1.82) is 0 Å². The molecule has 0 amide bonds. The number of benzene rings is 11. The highest BCUT2D eigenvalue weighted by molar-refractivity contribution is 9.09. The fraction of sp³-hybridized carbons (Fsp3) is 0.275. The molecule has 2 aliphatic heterocycles. The Morgan fingerprint density at radius 2 is 0.509 bits per heavy atom. The average molecular weight is 1530 g/mol. The van der Waals surface area contributed by atoms with Crippen molar-refractivity contribution >= 4 is 60.1 Å². The molecule has 0 saturated carbocycles. The van der Waals surface area contributed by atoms with Crippen LogP contribution in [0.1, 0.15) is 171 Å². The smallest absolute Gasteiger partial charge is 0.164 e. The number of rotatable bonds is 12. The van der Waals surface area contributed by atoms with Crippen LogP contribution < -0.4 is 4.74 Å². The first-order valence-corrected chi connectivity index (χ1v) is 40.8. The Kier molecular flexibility index (Phi) is 19.0. The Morgan fingerprint density at radius 3 is 0.795 bits per heavy atom. The van der Waals surface area contributed by atoms with E-state index in [4.69, 9.17) is 34.6 Å². The predicted octanol–water partition coefficient (Wildman–Crippen LogP) is 27.9. The molecule has 11 aromatic carbocycles. The quantitative estimate of drug-likeness (QED) is 0.0924. The molecule has 14 aromatic rings. The van der Waals surface area contributed by atoms with Crippen molar-refractivity contribution in [2.45, 2.75) is 170 Å². The zero-order valence-corrected chi connectivity index (χ0v) is 69.7. The van der Waals surface area contributed by atoms with Crippen LogP contribution in [0.15, 0.2) is 224 Å². The van der Waals surface area contributed by atoms with Crippen LogP contribution in [0.3, 0.4) is 0 Å². The summed E-state index contributed by atoms with van der Waals surface area (Å²) < 4.78 is 6.61. The summed E-state index contributed by atoms with van der Waals surface area (Å²) in [5, 5.41) is 4.41. The SMILES string of the molecule is CC(C)(C)c1ccc(-c2cc3c(cc2-c2ccc(C(C)(C)C)cc2)-c2nc-3nc3[nH]c(nc4nc(nc5[nH]c(n2)c2cc(-c6ccc(C(C)(C)C)cc6)c(-c6ccc(C(C)(C)C)cc6)cc52)-c2cc(-c5ccccc5OCCCCBr)ccc2-4)c2cc(-c4ccc(C(C)(C)C)cc4)c(-c4ccc(C(C)(C)C)cc4)cc32)cc1. The van der Waals surface area contributed by atoms with E-state index >= 15 is 0 Å². The number of unbranched alkanes of at least 4 members (excludes halogenated alkanes) is 1. The number of para-hydroxylation sites is 1. The number of ether oxygens (including phenoxy) is 1. The molecular weight excluding hydrogens is 1430 g/mol. The molecule has 10 heteroatoms. The zero-order chi connectivity index (χ0) is 78.7. The largest absolute Gasteiger partial charge is 0.493 e. The maximum absolute atomic E-state index is 6.61. The lowest BCUT2D eigenvalue weighted by molar-refractivity contribution is 0.311. The molecule has 2 N–H and O–H groups in total. The molecule has 9 nitrogen and oxygen atoms in total. The van der Waals surface area contributed by atoms with Gasteiger partial charge in [0.05, 0.1) is 6.61 Å². The molecule has 0 unspecified atom stereocenters. The van der Waals surface area contributed by atoms with Gasteiger partial charge in [0, 0.05) is 54.7 Å². The first kappa shape index (κ1) is 75.1. The third-order valence-electron chi connectivity index (χ3n) is 22.6. The van der Waals surface area contributed by atoms with E-state index in [0.717, 1.165) is 146 Å². The number of nitrogens with one attached hydrogen (secondary N) is 2. The number of halogens is 1. The predicted molar refractivity (Wildman–Crippen MR) is 475 cm³/mol. The highest BCUT2D eigenvalue weighted by Gasteiger charge is 2.30. The van der Waals surface area contributed by atoms with Gasteiger partial charge in [-0.3, -0.25) is 0 Å². The number of aromatic amines is 2. The van der Waals surface area contributed by atoms with Crippen molar-refractivity contribution in [2.75, 3.05) is 11.9 Å². The summed E-state index contributed by atoms with van der Waals surface area (Å²) in [6.45, 7) is 41.4. The van der Waals surface area contributed by atoms with Gasteiger partial charge >= 0.3 is 0 Å². The van der Waals surface area contributed by atoms with Gasteiger partial charge in [0.1, 0.15) is 28.3 Å². The second-order valence-electron chi connectivity index (χ2n) is 36.9. The third-order valence-corrected chi connectivity index (χ3v) is 23.2. The zero-order valence-electron chi connectivity index (χ0n) is 68.2. The summed E-state index contributed by atoms with van der Waals surface area (Å²) in [6, 6.07) is 83.3. The minimum atomic E-state index is -0.0556. The van der Waals surface area contributed by atoms with Crippen molar-refractivity contribution in [3.8, 4) is 129 Å². The van der Waals surface area contributed by atoms with Crippen molar-refractivity contribution in [2.24, 2.45) is 0 Å². The highest BCUT2D eigenvalue weighted by atomic mass is 79.9. The number of hydrogen-bond donors (Lipinski definition) is 2. The Balaban J connectivity index is 1.05. The van der Waals surface area contributed by atoms with Crippen LogP contribution >= 0.6 is 15.9 Å². The Morgan fingerprint density at radius 1 is 0.250 bits per heavy atom. The second-order valence-corrected chi connectivity index (χ2v) is 37.7. The standard InChI is InChI=1S/C102H101BrN8O/c1-97(2,3)67-38-25-60(26-39-67)75-54-82-83(55-76(75)61-27-40-68(41-28-61)98(4,5)6)93-107-91(82)105-89-74-50-37-66(73-23-19-20-24-88(73)112-52-22-21-51-103)53-81(74)90(104-89)106-92-84-56-77(62-29-42-69(43-30-62)99(7,8)9)78(63-31-44-70(45-32-63)100(10,11)12)57-85(84)94(108-92)110-96-87-59-80(65-35-48-72(49-36-65)102(16,17)18)79(58-86(87)95(109-93)111-96)64-33-46-71(47-34-64)101(13,14)15/h19-20,23-50,53-59H,21-22,51-52H2,1-18H3,(H2,104,105,106,107,108,109,110,111). The topological polar surface area (TPSA) is 118 Å². The number of nitrogens with zero attached hydrogens (tertiary/aromatic N) is 6. The van der Waals surface area contributed by atoms with Gasteiger partial charge in [-0.25, -0.2) is 29.9 Å². The fourth-order valence-corrected chi connectivity index (χ4v) is 16.0. The van der Waals surface area contributed by atoms with Crippen LogP contribution in [0.4, 0.5) is 0 Å². The number of hydrogen-bond acceptors (Lipinski definition) is 7. The van der Waals surface area contributed by atoms with Gasteiger partial charge in [-0.05, 0) is 206 Å². The molecule has 112 heavy (non-hydrogen) atoms. The minimum Gasteiger partial charge on any atom is -0.493 e. The first-order valence-electron chi connectivity index (χ1n) is 39.7. The molecule has 3 aromatic heterocycles. The van der Waals surface area contributed by atoms with E-state index in [2.05, 4.69) is 369 Å². The van der Waals surface area contributed by atoms with Crippen LogP contribution in [-0.4, -0.2) is 51.8 Å². The number of fused-ring (bicyclic) bond motifs is 20. The van der Waals surface area contributed by atoms with Crippen LogP contribution in [0, 0.1) is 0 Å². The monoisotopic (exact) mass is 1530 g/mol. The summed E-state index contributed by atoms with van der Waals surface area (Å²) in [6.07, 6.45) is 1.93. The van der Waals surface area contributed by atoms with Crippen LogP contribution in [0.5, 0.6) is 5.75 Å². The summed E-state index contributed by atoms with van der Waals surface area (Å²) >= 11 is 3.63. The van der Waals surface area contributed by atoms with Crippen molar-refractivity contribution in [3.63, 3.8) is 0 Å². The Hall–Kier alpha value is -10.9.